The summed E-state index contributed by atoms with van der Waals surface area (Å²) in [5.74, 6) is -2.61. The van der Waals surface area contributed by atoms with Crippen molar-refractivity contribution >= 4 is 5.82 Å². The number of alkyl halides is 2. The van der Waals surface area contributed by atoms with E-state index in [1.807, 2.05) is 0 Å². The van der Waals surface area contributed by atoms with Crippen molar-refractivity contribution in [1.82, 2.24) is 10.2 Å². The zero-order valence-electron chi connectivity index (χ0n) is 8.67. The molecular weight excluding hydrogens is 212 g/mol. The molecule has 16 heavy (non-hydrogen) atoms. The number of nitrogens with two attached hydrogens (primary N) is 1. The number of rotatable bonds is 2. The van der Waals surface area contributed by atoms with E-state index in [9.17, 15) is 8.78 Å². The lowest BCUT2D eigenvalue weighted by molar-refractivity contribution is 0.0181. The van der Waals surface area contributed by atoms with Gasteiger partial charge in [-0.3, -0.25) is 5.10 Å². The Kier molecular flexibility index (Phi) is 2.38. The first-order chi connectivity index (χ1) is 7.50. The first-order valence-electron chi connectivity index (χ1n) is 4.76. The zero-order valence-corrected chi connectivity index (χ0v) is 8.67. The molecule has 3 N–H and O–H groups in total. The van der Waals surface area contributed by atoms with Crippen LogP contribution in [0.5, 0.6) is 0 Å². The van der Waals surface area contributed by atoms with Gasteiger partial charge in [0.15, 0.2) is 0 Å². The number of anilines is 1. The molecular formula is C11H11F2N3. The van der Waals surface area contributed by atoms with Crippen LogP contribution in [0.4, 0.5) is 14.6 Å². The van der Waals surface area contributed by atoms with E-state index in [1.165, 1.54) is 12.3 Å². The zero-order chi connectivity index (χ0) is 11.8. The van der Waals surface area contributed by atoms with E-state index in [0.717, 1.165) is 6.92 Å². The normalized spacial score (nSPS) is 11.7. The quantitative estimate of drug-likeness (QED) is 0.822. The van der Waals surface area contributed by atoms with Crippen molar-refractivity contribution in [2.24, 2.45) is 0 Å². The highest BCUT2D eigenvalue weighted by atomic mass is 19.3. The third kappa shape index (κ3) is 1.76. The summed E-state index contributed by atoms with van der Waals surface area (Å²) in [7, 11) is 0. The fourth-order valence-corrected chi connectivity index (χ4v) is 1.61. The van der Waals surface area contributed by atoms with Gasteiger partial charge in [-0.2, -0.15) is 5.10 Å². The van der Waals surface area contributed by atoms with Gasteiger partial charge in [-0.1, -0.05) is 24.3 Å². The number of nitrogens with one attached hydrogen (secondary N) is 1. The minimum atomic E-state index is -2.90. The van der Waals surface area contributed by atoms with Crippen LogP contribution in [-0.2, 0) is 5.92 Å². The Bertz CT molecular complexity index is 500. The van der Waals surface area contributed by atoms with E-state index in [1.54, 1.807) is 18.2 Å². The first kappa shape index (κ1) is 10.6. The Morgan fingerprint density at radius 1 is 1.25 bits per heavy atom. The molecule has 0 aliphatic carbocycles. The minimum Gasteiger partial charge on any atom is -0.384 e. The highest BCUT2D eigenvalue weighted by Crippen LogP contribution is 2.36. The molecule has 0 fully saturated rings. The number of aromatic amines is 1. The summed E-state index contributed by atoms with van der Waals surface area (Å²) in [5, 5.41) is 6.26. The standard InChI is InChI=1S/C11H11F2N3/c1-11(12,13)9-5-3-2-4-7(9)8-6-15-16-10(8)14/h2-6H,1H3,(H3,14,15,16). The lowest BCUT2D eigenvalue weighted by Gasteiger charge is -2.14. The van der Waals surface area contributed by atoms with E-state index in [0.29, 0.717) is 11.1 Å². The van der Waals surface area contributed by atoms with Crippen LogP contribution in [0.2, 0.25) is 0 Å². The monoisotopic (exact) mass is 223 g/mol. The second kappa shape index (κ2) is 3.59. The van der Waals surface area contributed by atoms with E-state index >= 15 is 0 Å². The summed E-state index contributed by atoms with van der Waals surface area (Å²) in [5.41, 5.74) is 6.47. The maximum atomic E-state index is 13.4. The molecule has 0 atom stereocenters. The van der Waals surface area contributed by atoms with Crippen molar-refractivity contribution in [3.8, 4) is 11.1 Å². The largest absolute Gasteiger partial charge is 0.384 e. The van der Waals surface area contributed by atoms with Gasteiger partial charge >= 0.3 is 0 Å². The van der Waals surface area contributed by atoms with Gasteiger partial charge in [0.2, 0.25) is 0 Å². The lowest BCUT2D eigenvalue weighted by Crippen LogP contribution is -2.08. The number of nitrogens with zero attached hydrogens (tertiary/aromatic N) is 1. The number of nitrogen functional groups attached to an aromatic ring is 1. The van der Waals surface area contributed by atoms with Crippen LogP contribution in [0.25, 0.3) is 11.1 Å². The Morgan fingerprint density at radius 2 is 1.94 bits per heavy atom. The summed E-state index contributed by atoms with van der Waals surface area (Å²) in [6, 6.07) is 6.26. The second-order valence-electron chi connectivity index (χ2n) is 3.63. The molecule has 0 aliphatic rings. The number of aromatic nitrogens is 2. The summed E-state index contributed by atoms with van der Waals surface area (Å²) in [4.78, 5) is 0. The van der Waals surface area contributed by atoms with Crippen LogP contribution < -0.4 is 5.73 Å². The summed E-state index contributed by atoms with van der Waals surface area (Å²) >= 11 is 0. The maximum absolute atomic E-state index is 13.4. The molecule has 84 valence electrons. The van der Waals surface area contributed by atoms with E-state index in [4.69, 9.17) is 5.73 Å². The predicted octanol–water partition coefficient (Wildman–Crippen LogP) is 2.77. The van der Waals surface area contributed by atoms with Crippen molar-refractivity contribution in [3.05, 3.63) is 36.0 Å². The lowest BCUT2D eigenvalue weighted by atomic mass is 9.98. The average Bonchev–Trinajstić information content (AvgIpc) is 2.63. The molecule has 0 amide bonds. The van der Waals surface area contributed by atoms with Gasteiger partial charge in [0.25, 0.3) is 5.92 Å². The molecule has 0 saturated carbocycles. The fourth-order valence-electron chi connectivity index (χ4n) is 1.61. The molecule has 0 unspecified atom stereocenters. The van der Waals surface area contributed by atoms with Gasteiger partial charge in [-0.25, -0.2) is 8.78 Å². The maximum Gasteiger partial charge on any atom is 0.271 e. The van der Waals surface area contributed by atoms with E-state index in [-0.39, 0.29) is 11.4 Å². The van der Waals surface area contributed by atoms with Crippen LogP contribution in [-0.4, -0.2) is 10.2 Å². The molecule has 1 aromatic carbocycles. The van der Waals surface area contributed by atoms with Crippen molar-refractivity contribution in [3.63, 3.8) is 0 Å². The Hall–Kier alpha value is -1.91. The number of H-pyrrole nitrogens is 1. The molecule has 0 bridgehead atoms. The Morgan fingerprint density at radius 3 is 2.50 bits per heavy atom. The molecule has 2 aromatic rings. The van der Waals surface area contributed by atoms with Crippen molar-refractivity contribution in [1.29, 1.82) is 0 Å². The summed E-state index contributed by atoms with van der Waals surface area (Å²) in [6.07, 6.45) is 1.44. The van der Waals surface area contributed by atoms with Gasteiger partial charge in [0.05, 0.1) is 6.20 Å². The fraction of sp³-hybridized carbons (Fsp3) is 0.182. The van der Waals surface area contributed by atoms with Crippen molar-refractivity contribution < 1.29 is 8.78 Å². The van der Waals surface area contributed by atoms with Gasteiger partial charge in [-0.15, -0.1) is 0 Å². The molecule has 2 rings (SSSR count). The highest BCUT2D eigenvalue weighted by molar-refractivity contribution is 5.76. The third-order valence-electron chi connectivity index (χ3n) is 2.36. The third-order valence-corrected chi connectivity index (χ3v) is 2.36. The van der Waals surface area contributed by atoms with E-state index < -0.39 is 5.92 Å². The number of hydrogen-bond acceptors (Lipinski definition) is 2. The van der Waals surface area contributed by atoms with Crippen LogP contribution >= 0.6 is 0 Å². The summed E-state index contributed by atoms with van der Waals surface area (Å²) < 4.78 is 26.7. The number of benzene rings is 1. The topological polar surface area (TPSA) is 54.7 Å². The van der Waals surface area contributed by atoms with Crippen LogP contribution in [0.15, 0.2) is 30.5 Å². The molecule has 5 heteroatoms. The van der Waals surface area contributed by atoms with Crippen LogP contribution in [0.1, 0.15) is 12.5 Å². The molecule has 1 aromatic heterocycles. The molecule has 1 heterocycles. The first-order valence-corrected chi connectivity index (χ1v) is 4.76. The van der Waals surface area contributed by atoms with Gasteiger partial charge in [0.1, 0.15) is 5.82 Å². The Labute approximate surface area is 91.3 Å². The van der Waals surface area contributed by atoms with Crippen LogP contribution in [0, 0.1) is 0 Å². The van der Waals surface area contributed by atoms with E-state index in [2.05, 4.69) is 10.2 Å². The molecule has 0 radical (unpaired) electrons. The van der Waals surface area contributed by atoms with Gasteiger partial charge in [-0.05, 0) is 5.56 Å². The average molecular weight is 223 g/mol. The molecule has 3 nitrogen and oxygen atoms in total. The van der Waals surface area contributed by atoms with Gasteiger partial charge in [0, 0.05) is 18.1 Å². The number of hydrogen-bond donors (Lipinski definition) is 2. The van der Waals surface area contributed by atoms with Gasteiger partial charge < -0.3 is 5.73 Å². The second-order valence-corrected chi connectivity index (χ2v) is 3.63. The molecule has 0 spiro atoms. The summed E-state index contributed by atoms with van der Waals surface area (Å²) in [6.45, 7) is 0.863. The highest BCUT2D eigenvalue weighted by Gasteiger charge is 2.28. The molecule has 0 saturated heterocycles. The van der Waals surface area contributed by atoms with Crippen molar-refractivity contribution in [2.75, 3.05) is 5.73 Å². The Balaban J connectivity index is 2.62. The molecule has 0 aliphatic heterocycles. The van der Waals surface area contributed by atoms with Crippen molar-refractivity contribution in [2.45, 2.75) is 12.8 Å². The minimum absolute atomic E-state index is 0.0527. The smallest absolute Gasteiger partial charge is 0.271 e. The predicted molar refractivity (Wildman–Crippen MR) is 58.0 cm³/mol. The SMILES string of the molecule is CC(F)(F)c1ccccc1-c1cn[nH]c1N. The van der Waals surface area contributed by atoms with Crippen LogP contribution in [0.3, 0.4) is 0 Å². The number of halogens is 2.